The first-order chi connectivity index (χ1) is 10.2. The Morgan fingerprint density at radius 1 is 1.36 bits per heavy atom. The second kappa shape index (κ2) is 6.13. The van der Waals surface area contributed by atoms with Crippen molar-refractivity contribution >= 4 is 10.0 Å². The molecule has 4 nitrogen and oxygen atoms in total. The van der Waals surface area contributed by atoms with Crippen molar-refractivity contribution in [3.8, 4) is 0 Å². The van der Waals surface area contributed by atoms with Crippen LogP contribution in [0, 0.1) is 5.82 Å². The zero-order chi connectivity index (χ0) is 16.5. The standard InChI is InChI=1S/C13H16F4N2O2S/c1-18-8-9-3-2-6-19(9)22(20,21)10-4-5-12(14)11(7-10)13(15,16)17/h4-5,7,9,18H,2-3,6,8H2,1H3/t9-/m0/s1. The number of benzene rings is 1. The van der Waals surface area contributed by atoms with E-state index in [1.54, 1.807) is 7.05 Å². The van der Waals surface area contributed by atoms with Gasteiger partial charge in [-0.3, -0.25) is 0 Å². The molecule has 1 aromatic rings. The fourth-order valence-corrected chi connectivity index (χ4v) is 4.30. The molecule has 1 aromatic carbocycles. The number of alkyl halides is 3. The summed E-state index contributed by atoms with van der Waals surface area (Å²) >= 11 is 0. The van der Waals surface area contributed by atoms with Gasteiger partial charge in [-0.05, 0) is 38.1 Å². The van der Waals surface area contributed by atoms with E-state index in [0.717, 1.165) is 6.07 Å². The average molecular weight is 340 g/mol. The lowest BCUT2D eigenvalue weighted by Crippen LogP contribution is -2.40. The van der Waals surface area contributed by atoms with Crippen LogP contribution in [0.2, 0.25) is 0 Å². The van der Waals surface area contributed by atoms with Crippen LogP contribution in [0.1, 0.15) is 18.4 Å². The van der Waals surface area contributed by atoms with E-state index in [4.69, 9.17) is 0 Å². The molecule has 1 N–H and O–H groups in total. The minimum Gasteiger partial charge on any atom is -0.318 e. The van der Waals surface area contributed by atoms with E-state index in [-0.39, 0.29) is 12.6 Å². The van der Waals surface area contributed by atoms with Crippen molar-refractivity contribution < 1.29 is 26.0 Å². The smallest absolute Gasteiger partial charge is 0.318 e. The summed E-state index contributed by atoms with van der Waals surface area (Å²) in [6.07, 6.45) is -3.67. The summed E-state index contributed by atoms with van der Waals surface area (Å²) in [4.78, 5) is -0.538. The second-order valence-electron chi connectivity index (χ2n) is 5.11. The summed E-state index contributed by atoms with van der Waals surface area (Å²) in [7, 11) is -2.41. The summed E-state index contributed by atoms with van der Waals surface area (Å²) in [5, 5.41) is 2.86. The van der Waals surface area contributed by atoms with Gasteiger partial charge in [0.05, 0.1) is 10.5 Å². The largest absolute Gasteiger partial charge is 0.419 e. The van der Waals surface area contributed by atoms with E-state index < -0.39 is 32.5 Å². The highest BCUT2D eigenvalue weighted by atomic mass is 32.2. The molecule has 0 spiro atoms. The van der Waals surface area contributed by atoms with Crippen LogP contribution >= 0.6 is 0 Å². The predicted octanol–water partition coefficient (Wildman–Crippen LogP) is 2.22. The number of nitrogens with zero attached hydrogens (tertiary/aromatic N) is 1. The van der Waals surface area contributed by atoms with E-state index in [1.807, 2.05) is 0 Å². The van der Waals surface area contributed by atoms with E-state index in [9.17, 15) is 26.0 Å². The Morgan fingerprint density at radius 3 is 2.64 bits per heavy atom. The van der Waals surface area contributed by atoms with Gasteiger partial charge in [0.2, 0.25) is 10.0 Å². The van der Waals surface area contributed by atoms with Crippen LogP contribution in [0.5, 0.6) is 0 Å². The zero-order valence-electron chi connectivity index (χ0n) is 11.8. The molecule has 1 fully saturated rings. The molecule has 1 heterocycles. The Kier molecular flexibility index (Phi) is 4.78. The second-order valence-corrected chi connectivity index (χ2v) is 7.00. The normalized spacial score (nSPS) is 20.5. The molecule has 0 aromatic heterocycles. The molecule has 2 rings (SSSR count). The molecule has 124 valence electrons. The molecule has 0 bridgehead atoms. The number of hydrogen-bond acceptors (Lipinski definition) is 3. The van der Waals surface area contributed by atoms with Gasteiger partial charge in [-0.2, -0.15) is 17.5 Å². The van der Waals surface area contributed by atoms with Crippen molar-refractivity contribution in [1.29, 1.82) is 0 Å². The molecule has 1 aliphatic rings. The Bertz CT molecular complexity index is 646. The quantitative estimate of drug-likeness (QED) is 0.855. The summed E-state index contributed by atoms with van der Waals surface area (Å²) in [6.45, 7) is 0.653. The maximum atomic E-state index is 13.3. The number of sulfonamides is 1. The van der Waals surface area contributed by atoms with Gasteiger partial charge in [-0.1, -0.05) is 0 Å². The third-order valence-electron chi connectivity index (χ3n) is 3.61. The molecule has 9 heteroatoms. The van der Waals surface area contributed by atoms with Crippen LogP contribution in [0.25, 0.3) is 0 Å². The van der Waals surface area contributed by atoms with Gasteiger partial charge >= 0.3 is 6.18 Å². The van der Waals surface area contributed by atoms with Gasteiger partial charge in [0.15, 0.2) is 0 Å². The number of hydrogen-bond donors (Lipinski definition) is 1. The Balaban J connectivity index is 2.42. The van der Waals surface area contributed by atoms with Crippen molar-refractivity contribution in [2.75, 3.05) is 20.1 Å². The van der Waals surface area contributed by atoms with Gasteiger partial charge in [-0.25, -0.2) is 12.8 Å². The highest BCUT2D eigenvalue weighted by Gasteiger charge is 2.38. The molecule has 1 saturated heterocycles. The predicted molar refractivity (Wildman–Crippen MR) is 72.2 cm³/mol. The van der Waals surface area contributed by atoms with Gasteiger partial charge in [0.25, 0.3) is 0 Å². The third kappa shape index (κ3) is 3.26. The van der Waals surface area contributed by atoms with Gasteiger partial charge in [-0.15, -0.1) is 0 Å². The van der Waals surface area contributed by atoms with E-state index in [1.165, 1.54) is 4.31 Å². The lowest BCUT2D eigenvalue weighted by molar-refractivity contribution is -0.140. The average Bonchev–Trinajstić information content (AvgIpc) is 2.87. The van der Waals surface area contributed by atoms with Crippen molar-refractivity contribution in [3.63, 3.8) is 0 Å². The molecule has 0 radical (unpaired) electrons. The Morgan fingerprint density at radius 2 is 2.05 bits per heavy atom. The monoisotopic (exact) mass is 340 g/mol. The zero-order valence-corrected chi connectivity index (χ0v) is 12.6. The lowest BCUT2D eigenvalue weighted by atomic mass is 10.2. The van der Waals surface area contributed by atoms with E-state index >= 15 is 0 Å². The Hall–Kier alpha value is -1.19. The fraction of sp³-hybridized carbons (Fsp3) is 0.538. The molecule has 0 amide bonds. The molecular formula is C13H16F4N2O2S. The van der Waals surface area contributed by atoms with Gasteiger partial charge < -0.3 is 5.32 Å². The van der Waals surface area contributed by atoms with Crippen LogP contribution < -0.4 is 5.32 Å². The van der Waals surface area contributed by atoms with Crippen LogP contribution in [-0.2, 0) is 16.2 Å². The lowest BCUT2D eigenvalue weighted by Gasteiger charge is -2.24. The van der Waals surface area contributed by atoms with Crippen LogP contribution in [0.15, 0.2) is 23.1 Å². The molecule has 0 aliphatic carbocycles. The minimum atomic E-state index is -4.94. The van der Waals surface area contributed by atoms with Crippen molar-refractivity contribution in [3.05, 3.63) is 29.6 Å². The first kappa shape index (κ1) is 17.2. The first-order valence-corrected chi connectivity index (χ1v) is 8.15. The molecule has 0 saturated carbocycles. The molecular weight excluding hydrogens is 324 g/mol. The van der Waals surface area contributed by atoms with Gasteiger partial charge in [0, 0.05) is 19.1 Å². The minimum absolute atomic E-state index is 0.243. The van der Waals surface area contributed by atoms with Crippen LogP contribution in [0.4, 0.5) is 17.6 Å². The SMILES string of the molecule is CNC[C@@H]1CCCN1S(=O)(=O)c1ccc(F)c(C(F)(F)F)c1. The number of halogens is 4. The molecule has 1 aliphatic heterocycles. The van der Waals surface area contributed by atoms with Crippen molar-refractivity contribution in [2.45, 2.75) is 30.0 Å². The van der Waals surface area contributed by atoms with Crippen molar-refractivity contribution in [1.82, 2.24) is 9.62 Å². The number of likely N-dealkylation sites (N-methyl/N-ethyl adjacent to an activating group) is 1. The highest BCUT2D eigenvalue weighted by Crippen LogP contribution is 2.34. The van der Waals surface area contributed by atoms with E-state index in [0.29, 0.717) is 31.5 Å². The number of nitrogens with one attached hydrogen (secondary N) is 1. The maximum absolute atomic E-state index is 13.3. The summed E-state index contributed by atoms with van der Waals surface area (Å²) < 4.78 is 77.7. The summed E-state index contributed by atoms with van der Waals surface area (Å²) in [5.74, 6) is -1.49. The summed E-state index contributed by atoms with van der Waals surface area (Å²) in [6, 6.07) is 1.46. The first-order valence-electron chi connectivity index (χ1n) is 6.71. The van der Waals surface area contributed by atoms with Crippen molar-refractivity contribution in [2.24, 2.45) is 0 Å². The van der Waals surface area contributed by atoms with E-state index in [2.05, 4.69) is 5.32 Å². The highest BCUT2D eigenvalue weighted by molar-refractivity contribution is 7.89. The maximum Gasteiger partial charge on any atom is 0.419 e. The summed E-state index contributed by atoms with van der Waals surface area (Å²) in [5.41, 5.74) is -1.57. The molecule has 22 heavy (non-hydrogen) atoms. The topological polar surface area (TPSA) is 49.4 Å². The molecule has 0 unspecified atom stereocenters. The third-order valence-corrected chi connectivity index (χ3v) is 5.56. The van der Waals surface area contributed by atoms with Crippen LogP contribution in [0.3, 0.4) is 0 Å². The number of rotatable bonds is 4. The fourth-order valence-electron chi connectivity index (χ4n) is 2.58. The molecule has 1 atom stereocenters. The van der Waals surface area contributed by atoms with Gasteiger partial charge in [0.1, 0.15) is 5.82 Å². The Labute approximate surface area is 126 Å². The van der Waals surface area contributed by atoms with Crippen LogP contribution in [-0.4, -0.2) is 38.9 Å².